The molecule has 2 N–H and O–H groups in total. The molecule has 0 aliphatic rings. The average Bonchev–Trinajstić information content (AvgIpc) is 2.95. The van der Waals surface area contributed by atoms with Gasteiger partial charge in [-0.2, -0.15) is 0 Å². The molecule has 120 valence electrons. The Morgan fingerprint density at radius 1 is 1.09 bits per heavy atom. The number of likely N-dealkylation sites (N-methyl/N-ethyl adjacent to an activating group) is 1. The van der Waals surface area contributed by atoms with E-state index in [1.54, 1.807) is 23.5 Å². The topological polar surface area (TPSA) is 50.7 Å². The molecule has 0 spiro atoms. The van der Waals surface area contributed by atoms with Crippen LogP contribution >= 0.6 is 11.3 Å². The Bertz CT molecular complexity index is 768. The van der Waals surface area contributed by atoms with Gasteiger partial charge in [0.15, 0.2) is 0 Å². The van der Waals surface area contributed by atoms with E-state index in [-0.39, 0.29) is 5.75 Å². The molecule has 1 heterocycles. The fourth-order valence-corrected chi connectivity index (χ4v) is 3.11. The average molecular weight is 329 g/mol. The lowest BCUT2D eigenvalue weighted by Crippen LogP contribution is -2.20. The standard InChI is InChI=1S/C18H19NO3S/c1-2-19-9-10-21-14-4-6-15(7-5-14)22-17-12-23-18-11-13(20)3-8-16(17)18/h3-8,11-12,19-20H,2,9-10H2,1H3. The van der Waals surface area contributed by atoms with Crippen molar-refractivity contribution in [3.8, 4) is 23.0 Å². The summed E-state index contributed by atoms with van der Waals surface area (Å²) in [4.78, 5) is 0. The number of fused-ring (bicyclic) bond motifs is 1. The number of hydrogen-bond acceptors (Lipinski definition) is 5. The van der Waals surface area contributed by atoms with E-state index in [2.05, 4.69) is 12.2 Å². The predicted octanol–water partition coefficient (Wildman–Crippen LogP) is 4.39. The lowest BCUT2D eigenvalue weighted by atomic mass is 10.2. The van der Waals surface area contributed by atoms with E-state index < -0.39 is 0 Å². The van der Waals surface area contributed by atoms with E-state index in [4.69, 9.17) is 9.47 Å². The summed E-state index contributed by atoms with van der Waals surface area (Å²) < 4.78 is 12.6. The van der Waals surface area contributed by atoms with Crippen LogP contribution in [0.5, 0.6) is 23.0 Å². The van der Waals surface area contributed by atoms with E-state index in [0.717, 1.165) is 40.4 Å². The molecule has 0 aliphatic heterocycles. The number of phenolic OH excluding ortho intramolecular Hbond substituents is 1. The molecule has 3 rings (SSSR count). The van der Waals surface area contributed by atoms with Gasteiger partial charge < -0.3 is 19.9 Å². The van der Waals surface area contributed by atoms with E-state index in [1.165, 1.54) is 0 Å². The summed E-state index contributed by atoms with van der Waals surface area (Å²) in [7, 11) is 0. The highest BCUT2D eigenvalue weighted by atomic mass is 32.1. The number of thiophene rings is 1. The first kappa shape index (κ1) is 15.6. The van der Waals surface area contributed by atoms with Crippen molar-refractivity contribution in [2.75, 3.05) is 19.7 Å². The second-order valence-corrected chi connectivity index (χ2v) is 5.97. The molecule has 0 saturated heterocycles. The molecule has 0 unspecified atom stereocenters. The second-order valence-electron chi connectivity index (χ2n) is 5.06. The normalized spacial score (nSPS) is 10.8. The van der Waals surface area contributed by atoms with Crippen molar-refractivity contribution in [1.29, 1.82) is 0 Å². The predicted molar refractivity (Wildman–Crippen MR) is 94.0 cm³/mol. The molecule has 23 heavy (non-hydrogen) atoms. The summed E-state index contributed by atoms with van der Waals surface area (Å²) in [6, 6.07) is 12.9. The molecule has 1 aromatic heterocycles. The molecule has 3 aromatic rings. The third-order valence-electron chi connectivity index (χ3n) is 3.37. The van der Waals surface area contributed by atoms with Crippen LogP contribution in [-0.2, 0) is 0 Å². The van der Waals surface area contributed by atoms with Gasteiger partial charge in [0.1, 0.15) is 29.6 Å². The zero-order chi connectivity index (χ0) is 16.1. The third kappa shape index (κ3) is 3.94. The van der Waals surface area contributed by atoms with E-state index in [0.29, 0.717) is 6.61 Å². The van der Waals surface area contributed by atoms with Gasteiger partial charge in [-0.15, -0.1) is 11.3 Å². The molecular weight excluding hydrogens is 310 g/mol. The Kier molecular flexibility index (Phi) is 5.00. The summed E-state index contributed by atoms with van der Waals surface area (Å²) >= 11 is 1.55. The Morgan fingerprint density at radius 2 is 1.87 bits per heavy atom. The maximum atomic E-state index is 9.51. The highest BCUT2D eigenvalue weighted by Crippen LogP contribution is 2.37. The number of benzene rings is 2. The van der Waals surface area contributed by atoms with Crippen molar-refractivity contribution in [1.82, 2.24) is 5.32 Å². The molecule has 0 atom stereocenters. The van der Waals surface area contributed by atoms with Gasteiger partial charge in [0, 0.05) is 22.0 Å². The highest BCUT2D eigenvalue weighted by Gasteiger charge is 2.07. The van der Waals surface area contributed by atoms with Gasteiger partial charge in [-0.05, 0) is 49.0 Å². The second kappa shape index (κ2) is 7.35. The number of phenols is 1. The zero-order valence-electron chi connectivity index (χ0n) is 12.9. The van der Waals surface area contributed by atoms with Crippen LogP contribution in [-0.4, -0.2) is 24.8 Å². The first-order chi connectivity index (χ1) is 11.3. The highest BCUT2D eigenvalue weighted by molar-refractivity contribution is 7.17. The first-order valence-electron chi connectivity index (χ1n) is 7.58. The lowest BCUT2D eigenvalue weighted by molar-refractivity contribution is 0.315. The van der Waals surface area contributed by atoms with Crippen molar-refractivity contribution in [2.45, 2.75) is 6.92 Å². The van der Waals surface area contributed by atoms with Gasteiger partial charge in [0.25, 0.3) is 0 Å². The Labute approximate surface area is 139 Å². The molecular formula is C18H19NO3S. The summed E-state index contributed by atoms with van der Waals surface area (Å²) in [6.07, 6.45) is 0. The number of nitrogens with one attached hydrogen (secondary N) is 1. The van der Waals surface area contributed by atoms with Gasteiger partial charge in [-0.1, -0.05) is 6.92 Å². The molecule has 0 fully saturated rings. The van der Waals surface area contributed by atoms with Crippen molar-refractivity contribution < 1.29 is 14.6 Å². The molecule has 0 bridgehead atoms. The SMILES string of the molecule is CCNCCOc1ccc(Oc2csc3cc(O)ccc23)cc1. The van der Waals surface area contributed by atoms with Gasteiger partial charge in [-0.25, -0.2) is 0 Å². The minimum atomic E-state index is 0.268. The summed E-state index contributed by atoms with van der Waals surface area (Å²) in [5.41, 5.74) is 0. The van der Waals surface area contributed by atoms with Crippen LogP contribution in [0.4, 0.5) is 0 Å². The van der Waals surface area contributed by atoms with Crippen LogP contribution in [0, 0.1) is 0 Å². The van der Waals surface area contributed by atoms with E-state index in [9.17, 15) is 5.11 Å². The first-order valence-corrected chi connectivity index (χ1v) is 8.46. The number of ether oxygens (including phenoxy) is 2. The number of hydrogen-bond donors (Lipinski definition) is 2. The molecule has 0 amide bonds. The fourth-order valence-electron chi connectivity index (χ4n) is 2.22. The van der Waals surface area contributed by atoms with Crippen LogP contribution < -0.4 is 14.8 Å². The smallest absolute Gasteiger partial charge is 0.145 e. The van der Waals surface area contributed by atoms with Crippen molar-refractivity contribution in [3.05, 3.63) is 47.8 Å². The minimum Gasteiger partial charge on any atom is -0.508 e. The maximum Gasteiger partial charge on any atom is 0.145 e. The number of aromatic hydroxyl groups is 1. The third-order valence-corrected chi connectivity index (χ3v) is 4.30. The van der Waals surface area contributed by atoms with Crippen LogP contribution in [0.3, 0.4) is 0 Å². The largest absolute Gasteiger partial charge is 0.508 e. The van der Waals surface area contributed by atoms with Gasteiger partial charge in [-0.3, -0.25) is 0 Å². The van der Waals surface area contributed by atoms with Crippen LogP contribution in [0.1, 0.15) is 6.92 Å². The molecule has 0 radical (unpaired) electrons. The Balaban J connectivity index is 1.65. The van der Waals surface area contributed by atoms with Crippen molar-refractivity contribution in [3.63, 3.8) is 0 Å². The minimum absolute atomic E-state index is 0.268. The van der Waals surface area contributed by atoms with E-state index in [1.807, 2.05) is 35.7 Å². The van der Waals surface area contributed by atoms with Crippen molar-refractivity contribution in [2.24, 2.45) is 0 Å². The Hall–Kier alpha value is -2.24. The quantitative estimate of drug-likeness (QED) is 0.631. The molecule has 0 saturated carbocycles. The summed E-state index contributed by atoms with van der Waals surface area (Å²) in [5.74, 6) is 2.66. The molecule has 5 heteroatoms. The maximum absolute atomic E-state index is 9.51. The summed E-state index contributed by atoms with van der Waals surface area (Å²) in [6.45, 7) is 4.50. The van der Waals surface area contributed by atoms with Gasteiger partial charge in [0.2, 0.25) is 0 Å². The Morgan fingerprint density at radius 3 is 2.65 bits per heavy atom. The molecule has 2 aromatic carbocycles. The van der Waals surface area contributed by atoms with Gasteiger partial charge >= 0.3 is 0 Å². The fraction of sp³-hybridized carbons (Fsp3) is 0.222. The number of rotatable bonds is 7. The zero-order valence-corrected chi connectivity index (χ0v) is 13.7. The lowest BCUT2D eigenvalue weighted by Gasteiger charge is -2.08. The molecule has 4 nitrogen and oxygen atoms in total. The monoisotopic (exact) mass is 329 g/mol. The van der Waals surface area contributed by atoms with Crippen LogP contribution in [0.2, 0.25) is 0 Å². The van der Waals surface area contributed by atoms with Crippen LogP contribution in [0.15, 0.2) is 47.8 Å². The van der Waals surface area contributed by atoms with Crippen molar-refractivity contribution >= 4 is 21.4 Å². The summed E-state index contributed by atoms with van der Waals surface area (Å²) in [5, 5.41) is 15.7. The van der Waals surface area contributed by atoms with Gasteiger partial charge in [0.05, 0.1) is 0 Å². The van der Waals surface area contributed by atoms with Crippen LogP contribution in [0.25, 0.3) is 10.1 Å². The molecule has 0 aliphatic carbocycles. The van der Waals surface area contributed by atoms with E-state index >= 15 is 0 Å².